The number of carbonyl (C=O) groups excluding carboxylic acids is 2. The Morgan fingerprint density at radius 2 is 2.00 bits per heavy atom. The molecule has 2 aromatic rings. The first-order valence-corrected chi connectivity index (χ1v) is 7.72. The lowest BCUT2D eigenvalue weighted by Gasteiger charge is -2.19. The molecule has 1 aromatic heterocycles. The maximum atomic E-state index is 10.8. The van der Waals surface area contributed by atoms with E-state index in [0.29, 0.717) is 19.6 Å². The number of aldehydes is 2. The number of rotatable bonds is 8. The van der Waals surface area contributed by atoms with Crippen LogP contribution in [0.2, 0.25) is 0 Å². The van der Waals surface area contributed by atoms with Crippen LogP contribution in [0.3, 0.4) is 0 Å². The van der Waals surface area contributed by atoms with Gasteiger partial charge in [-0.2, -0.15) is 0 Å². The highest BCUT2D eigenvalue weighted by atomic mass is 32.1. The fraction of sp³-hybridized carbons (Fsp3) is 0.375. The van der Waals surface area contributed by atoms with Gasteiger partial charge >= 0.3 is 0 Å². The molecule has 5 nitrogen and oxygen atoms in total. The van der Waals surface area contributed by atoms with E-state index >= 15 is 0 Å². The summed E-state index contributed by atoms with van der Waals surface area (Å²) < 4.78 is 6.47. The van der Waals surface area contributed by atoms with Crippen molar-refractivity contribution in [1.29, 1.82) is 0 Å². The van der Waals surface area contributed by atoms with Gasteiger partial charge in [0.2, 0.25) is 0 Å². The Kier molecular flexibility index (Phi) is 8.35. The molecule has 1 aromatic carbocycles. The van der Waals surface area contributed by atoms with Gasteiger partial charge in [-0.05, 0) is 23.6 Å². The van der Waals surface area contributed by atoms with Crippen molar-refractivity contribution < 1.29 is 19.4 Å². The van der Waals surface area contributed by atoms with Crippen LogP contribution >= 0.6 is 11.3 Å². The summed E-state index contributed by atoms with van der Waals surface area (Å²) in [6, 6.07) is 8.05. The average Bonchev–Trinajstić information content (AvgIpc) is 2.98. The maximum absolute atomic E-state index is 10.8. The molecular weight excluding hydrogens is 302 g/mol. The van der Waals surface area contributed by atoms with Crippen molar-refractivity contribution in [2.75, 3.05) is 38.8 Å². The Morgan fingerprint density at radius 3 is 2.68 bits per heavy atom. The summed E-state index contributed by atoms with van der Waals surface area (Å²) in [6.45, 7) is 1.83. The highest BCUT2D eigenvalue weighted by Crippen LogP contribution is 2.28. The van der Waals surface area contributed by atoms with Gasteiger partial charge in [0.05, 0.1) is 18.1 Å². The molecule has 0 radical (unpaired) electrons. The zero-order chi connectivity index (χ0) is 16.4. The van der Waals surface area contributed by atoms with Crippen molar-refractivity contribution in [3.05, 3.63) is 29.1 Å². The van der Waals surface area contributed by atoms with Gasteiger partial charge in [-0.15, -0.1) is 11.3 Å². The van der Waals surface area contributed by atoms with Crippen LogP contribution in [0, 0.1) is 0 Å². The summed E-state index contributed by atoms with van der Waals surface area (Å²) in [5.41, 5.74) is 1.09. The van der Waals surface area contributed by atoms with E-state index in [2.05, 4.69) is 11.0 Å². The van der Waals surface area contributed by atoms with Gasteiger partial charge in [-0.25, -0.2) is 0 Å². The van der Waals surface area contributed by atoms with Crippen LogP contribution < -0.4 is 4.90 Å². The molecule has 0 atom stereocenters. The van der Waals surface area contributed by atoms with Crippen molar-refractivity contribution in [2.45, 2.75) is 6.42 Å². The molecule has 0 fully saturated rings. The van der Waals surface area contributed by atoms with E-state index in [1.54, 1.807) is 0 Å². The second-order valence-electron chi connectivity index (χ2n) is 4.48. The Bertz CT molecular complexity index is 597. The number of aliphatic hydroxyl groups excluding tert-OH is 1. The van der Waals surface area contributed by atoms with Crippen LogP contribution in [-0.4, -0.2) is 51.6 Å². The molecule has 0 aliphatic heterocycles. The molecule has 1 N–H and O–H groups in total. The molecule has 0 amide bonds. The Labute approximate surface area is 134 Å². The van der Waals surface area contributed by atoms with Crippen LogP contribution in [0.25, 0.3) is 10.1 Å². The van der Waals surface area contributed by atoms with Crippen molar-refractivity contribution >= 4 is 39.7 Å². The number of hydrogen-bond acceptors (Lipinski definition) is 6. The maximum Gasteiger partial charge on any atom is 0.160 e. The number of nitrogens with zero attached hydrogens (tertiary/aromatic N) is 1. The van der Waals surface area contributed by atoms with Crippen LogP contribution in [0.15, 0.2) is 24.3 Å². The molecule has 2 rings (SSSR count). The van der Waals surface area contributed by atoms with Gasteiger partial charge in [-0.1, -0.05) is 6.07 Å². The number of thiophene rings is 1. The number of carbonyl (C=O) groups is 2. The smallest absolute Gasteiger partial charge is 0.160 e. The van der Waals surface area contributed by atoms with E-state index in [9.17, 15) is 9.59 Å². The van der Waals surface area contributed by atoms with Crippen molar-refractivity contribution in [3.8, 4) is 0 Å². The van der Waals surface area contributed by atoms with Crippen LogP contribution in [0.4, 0.5) is 5.69 Å². The summed E-state index contributed by atoms with van der Waals surface area (Å²) in [4.78, 5) is 23.8. The molecule has 6 heteroatoms. The topological polar surface area (TPSA) is 66.8 Å². The first-order chi connectivity index (χ1) is 10.7. The monoisotopic (exact) mass is 323 g/mol. The highest BCUT2D eigenvalue weighted by Gasteiger charge is 2.05. The molecule has 0 saturated heterocycles. The van der Waals surface area contributed by atoms with Gasteiger partial charge < -0.3 is 19.5 Å². The van der Waals surface area contributed by atoms with Crippen LogP contribution in [0.1, 0.15) is 16.1 Å². The number of hydrogen-bond donors (Lipinski definition) is 1. The van der Waals surface area contributed by atoms with E-state index in [1.807, 2.05) is 25.2 Å². The predicted octanol–water partition coefficient (Wildman–Crippen LogP) is 2.36. The lowest BCUT2D eigenvalue weighted by Crippen LogP contribution is -2.22. The van der Waals surface area contributed by atoms with E-state index in [0.717, 1.165) is 46.9 Å². The summed E-state index contributed by atoms with van der Waals surface area (Å²) >= 11 is 1.50. The van der Waals surface area contributed by atoms with Gasteiger partial charge in [0.1, 0.15) is 6.29 Å². The zero-order valence-electron chi connectivity index (χ0n) is 12.8. The van der Waals surface area contributed by atoms with Crippen molar-refractivity contribution in [2.24, 2.45) is 0 Å². The third-order valence-electron chi connectivity index (χ3n) is 3.03. The molecule has 1 heterocycles. The summed E-state index contributed by atoms with van der Waals surface area (Å²) in [5, 5.41) is 8.09. The standard InChI is InChI=1S/C15H17NO3S.CH4O/c1-16(5-8-19-7-2-6-17)13-4-3-12-9-14(11-18)20-15(12)10-13;1-2/h3-4,6,9-11H,2,5,7-8H2,1H3;2H,1H3. The third kappa shape index (κ3) is 5.22. The average molecular weight is 323 g/mol. The quantitative estimate of drug-likeness (QED) is 0.597. The Hall–Kier alpha value is -1.76. The minimum atomic E-state index is 0.444. The molecule has 0 spiro atoms. The van der Waals surface area contributed by atoms with Gasteiger partial charge in [0, 0.05) is 37.5 Å². The summed E-state index contributed by atoms with van der Waals surface area (Å²) in [6.07, 6.45) is 2.19. The van der Waals surface area contributed by atoms with Gasteiger partial charge in [-0.3, -0.25) is 4.79 Å². The molecule has 22 heavy (non-hydrogen) atoms. The fourth-order valence-corrected chi connectivity index (χ4v) is 2.81. The number of benzene rings is 1. The molecule has 0 saturated carbocycles. The van der Waals surface area contributed by atoms with Crippen LogP contribution in [0.5, 0.6) is 0 Å². The number of likely N-dealkylation sites (N-methyl/N-ethyl adjacent to an activating group) is 1. The van der Waals surface area contributed by atoms with Crippen LogP contribution in [-0.2, 0) is 9.53 Å². The first-order valence-electron chi connectivity index (χ1n) is 6.90. The summed E-state index contributed by atoms with van der Waals surface area (Å²) in [5.74, 6) is 0. The molecule has 0 bridgehead atoms. The third-order valence-corrected chi connectivity index (χ3v) is 4.05. The number of fused-ring (bicyclic) bond motifs is 1. The summed E-state index contributed by atoms with van der Waals surface area (Å²) in [7, 11) is 3.00. The molecular formula is C16H21NO4S. The second-order valence-corrected chi connectivity index (χ2v) is 5.59. The lowest BCUT2D eigenvalue weighted by atomic mass is 10.2. The Morgan fingerprint density at radius 1 is 1.23 bits per heavy atom. The number of ether oxygens (including phenoxy) is 1. The van der Waals surface area contributed by atoms with Crippen molar-refractivity contribution in [1.82, 2.24) is 0 Å². The number of aliphatic hydroxyl groups is 1. The van der Waals surface area contributed by atoms with Gasteiger partial charge in [0.25, 0.3) is 0 Å². The molecule has 120 valence electrons. The minimum Gasteiger partial charge on any atom is -0.400 e. The van der Waals surface area contributed by atoms with E-state index in [1.165, 1.54) is 11.3 Å². The largest absolute Gasteiger partial charge is 0.400 e. The SMILES string of the molecule is CN(CCOCCC=O)c1ccc2cc(C=O)sc2c1.CO. The lowest BCUT2D eigenvalue weighted by molar-refractivity contribution is -0.108. The Balaban J connectivity index is 0.00000116. The molecule has 0 aliphatic carbocycles. The second kappa shape index (κ2) is 10.0. The minimum absolute atomic E-state index is 0.444. The van der Waals surface area contributed by atoms with E-state index < -0.39 is 0 Å². The first kappa shape index (κ1) is 18.3. The zero-order valence-corrected chi connectivity index (χ0v) is 13.6. The van der Waals surface area contributed by atoms with Crippen molar-refractivity contribution in [3.63, 3.8) is 0 Å². The fourth-order valence-electron chi connectivity index (χ4n) is 1.90. The van der Waals surface area contributed by atoms with E-state index in [-0.39, 0.29) is 0 Å². The highest BCUT2D eigenvalue weighted by molar-refractivity contribution is 7.20. The van der Waals surface area contributed by atoms with E-state index in [4.69, 9.17) is 9.84 Å². The number of anilines is 1. The van der Waals surface area contributed by atoms with Gasteiger partial charge in [0.15, 0.2) is 6.29 Å². The predicted molar refractivity (Wildman–Crippen MR) is 90.1 cm³/mol. The molecule has 0 aliphatic rings. The molecule has 0 unspecified atom stereocenters. The normalized spacial score (nSPS) is 9.95.